The van der Waals surface area contributed by atoms with Crippen molar-refractivity contribution in [2.75, 3.05) is 50.6 Å². The number of rotatable bonds is 10. The molecule has 40 heavy (non-hydrogen) atoms. The van der Waals surface area contributed by atoms with E-state index >= 15 is 4.39 Å². The molecular weight excluding hydrogens is 562 g/mol. The molecule has 2 unspecified atom stereocenters. The summed E-state index contributed by atoms with van der Waals surface area (Å²) >= 11 is 6.50. The summed E-state index contributed by atoms with van der Waals surface area (Å²) in [5, 5.41) is -0.284. The van der Waals surface area contributed by atoms with Gasteiger partial charge in [-0.2, -0.15) is 4.39 Å². The number of aromatic nitrogens is 1. The van der Waals surface area contributed by atoms with Crippen LogP contribution in [0.4, 0.5) is 20.3 Å². The van der Waals surface area contributed by atoms with E-state index in [4.69, 9.17) is 21.1 Å². The summed E-state index contributed by atoms with van der Waals surface area (Å²) in [6.07, 6.45) is 0. The number of halogens is 3. The maximum absolute atomic E-state index is 16.0. The second-order valence-electron chi connectivity index (χ2n) is 10.1. The van der Waals surface area contributed by atoms with E-state index in [1.54, 1.807) is 24.3 Å². The fourth-order valence-corrected chi connectivity index (χ4v) is 6.99. The van der Waals surface area contributed by atoms with Crippen LogP contribution >= 0.6 is 11.6 Å². The topological polar surface area (TPSA) is 75.2 Å². The molecule has 1 saturated heterocycles. The van der Waals surface area contributed by atoms with Gasteiger partial charge in [-0.1, -0.05) is 17.7 Å². The summed E-state index contributed by atoms with van der Waals surface area (Å²) in [5.74, 6) is -0.976. The molecular formula is C28H33ClF2N4O4S. The van der Waals surface area contributed by atoms with Crippen molar-refractivity contribution < 1.29 is 26.7 Å². The maximum Gasteiger partial charge on any atom is 0.269 e. The first-order valence-electron chi connectivity index (χ1n) is 12.6. The highest BCUT2D eigenvalue weighted by molar-refractivity contribution is 7.92. The van der Waals surface area contributed by atoms with Gasteiger partial charge in [0.25, 0.3) is 10.0 Å². The summed E-state index contributed by atoms with van der Waals surface area (Å²) < 4.78 is 70.0. The smallest absolute Gasteiger partial charge is 0.269 e. The molecule has 1 fully saturated rings. The number of methoxy groups -OCH3 is 2. The molecule has 0 bridgehead atoms. The van der Waals surface area contributed by atoms with E-state index in [9.17, 15) is 12.8 Å². The van der Waals surface area contributed by atoms with Crippen LogP contribution in [0.3, 0.4) is 0 Å². The minimum absolute atomic E-state index is 0.0942. The molecule has 0 radical (unpaired) electrons. The van der Waals surface area contributed by atoms with Gasteiger partial charge in [-0.3, -0.25) is 0 Å². The summed E-state index contributed by atoms with van der Waals surface area (Å²) in [6, 6.07) is 10.3. The van der Waals surface area contributed by atoms with Crippen LogP contribution < -0.4 is 18.7 Å². The molecule has 1 aliphatic heterocycles. The summed E-state index contributed by atoms with van der Waals surface area (Å²) in [7, 11) is 2.27. The van der Waals surface area contributed by atoms with Crippen LogP contribution in [0.15, 0.2) is 47.4 Å². The van der Waals surface area contributed by atoms with Gasteiger partial charge in [0.2, 0.25) is 5.95 Å². The largest absolute Gasteiger partial charge is 0.497 e. The van der Waals surface area contributed by atoms with E-state index in [2.05, 4.69) is 9.88 Å². The average Bonchev–Trinajstić information content (AvgIpc) is 2.91. The normalized spacial score (nSPS) is 17.1. The Labute approximate surface area is 239 Å². The van der Waals surface area contributed by atoms with E-state index in [0.29, 0.717) is 35.2 Å². The average molecular weight is 595 g/mol. The van der Waals surface area contributed by atoms with E-state index in [-0.39, 0.29) is 29.0 Å². The van der Waals surface area contributed by atoms with Crippen LogP contribution in [0.1, 0.15) is 18.1 Å². The number of anilines is 2. The molecule has 4 rings (SSSR count). The Morgan fingerprint density at radius 2 is 1.85 bits per heavy atom. The standard InChI is InChI=1S/C28H33ClF2N4O4S/c1-17-12-22(34-15-20(18(34)2)14-33(3)4)26(29)27(31)28(17)40(36,37)35(25-9-7-8-24(30)32-25)16-19-10-11-21(38-5)13-23(19)39-6/h7-13,18,20H,14-16H2,1-6H3. The molecule has 0 N–H and O–H groups in total. The van der Waals surface area contributed by atoms with E-state index in [1.807, 2.05) is 25.9 Å². The molecule has 0 amide bonds. The van der Waals surface area contributed by atoms with Gasteiger partial charge in [0.05, 0.1) is 26.5 Å². The van der Waals surface area contributed by atoms with E-state index in [0.717, 1.165) is 16.9 Å². The van der Waals surface area contributed by atoms with Crippen molar-refractivity contribution in [3.63, 3.8) is 0 Å². The third-order valence-corrected chi connectivity index (χ3v) is 9.43. The van der Waals surface area contributed by atoms with Crippen molar-refractivity contribution in [2.45, 2.75) is 31.3 Å². The zero-order valence-electron chi connectivity index (χ0n) is 23.3. The Bertz CT molecular complexity index is 1510. The fourth-order valence-electron chi connectivity index (χ4n) is 5.00. The number of pyridine rings is 1. The lowest BCUT2D eigenvalue weighted by Gasteiger charge is -2.49. The van der Waals surface area contributed by atoms with Gasteiger partial charge in [-0.25, -0.2) is 22.1 Å². The van der Waals surface area contributed by atoms with Gasteiger partial charge in [0.15, 0.2) is 5.82 Å². The Morgan fingerprint density at radius 1 is 1.12 bits per heavy atom. The SMILES string of the molecule is COc1ccc(CN(c2cccc(F)n2)S(=O)(=O)c2c(C)cc(N3CC(CN(C)C)C3C)c(Cl)c2F)c(OC)c1. The molecule has 8 nitrogen and oxygen atoms in total. The van der Waals surface area contributed by atoms with Crippen molar-refractivity contribution in [3.8, 4) is 11.5 Å². The van der Waals surface area contributed by atoms with Gasteiger partial charge in [-0.15, -0.1) is 0 Å². The molecule has 216 valence electrons. The zero-order chi connectivity index (χ0) is 29.4. The van der Waals surface area contributed by atoms with Crippen LogP contribution in [-0.2, 0) is 16.6 Å². The lowest BCUT2D eigenvalue weighted by atomic mass is 9.88. The first-order valence-corrected chi connectivity index (χ1v) is 14.5. The molecule has 1 aromatic heterocycles. The monoisotopic (exact) mass is 594 g/mol. The number of sulfonamides is 1. The molecule has 2 heterocycles. The summed E-state index contributed by atoms with van der Waals surface area (Å²) in [5.41, 5.74) is 1.04. The van der Waals surface area contributed by atoms with Crippen LogP contribution in [0.25, 0.3) is 0 Å². The number of nitrogens with zero attached hydrogens (tertiary/aromatic N) is 4. The lowest BCUT2D eigenvalue weighted by Crippen LogP contribution is -2.58. The van der Waals surface area contributed by atoms with Crippen molar-refractivity contribution in [3.05, 3.63) is 70.4 Å². The zero-order valence-corrected chi connectivity index (χ0v) is 24.9. The van der Waals surface area contributed by atoms with Gasteiger partial charge < -0.3 is 19.3 Å². The molecule has 0 spiro atoms. The fraction of sp³-hybridized carbons (Fsp3) is 0.393. The second kappa shape index (κ2) is 11.8. The molecule has 0 saturated carbocycles. The van der Waals surface area contributed by atoms with E-state index in [1.165, 1.54) is 33.3 Å². The predicted molar refractivity (Wildman–Crippen MR) is 152 cm³/mol. The van der Waals surface area contributed by atoms with Gasteiger partial charge in [-0.05, 0) is 63.8 Å². The van der Waals surface area contributed by atoms with Gasteiger partial charge in [0, 0.05) is 36.7 Å². The second-order valence-corrected chi connectivity index (χ2v) is 12.3. The highest BCUT2D eigenvalue weighted by atomic mass is 35.5. The number of benzene rings is 2. The van der Waals surface area contributed by atoms with Crippen LogP contribution in [0, 0.1) is 24.6 Å². The molecule has 12 heteroatoms. The van der Waals surface area contributed by atoms with Crippen molar-refractivity contribution in [1.29, 1.82) is 0 Å². The molecule has 1 aliphatic rings. The van der Waals surface area contributed by atoms with Crippen LogP contribution in [0.5, 0.6) is 11.5 Å². The molecule has 2 aromatic carbocycles. The summed E-state index contributed by atoms with van der Waals surface area (Å²) in [4.78, 5) is 7.25. The van der Waals surface area contributed by atoms with Crippen LogP contribution in [-0.4, -0.2) is 65.7 Å². The highest BCUT2D eigenvalue weighted by Crippen LogP contribution is 2.42. The predicted octanol–water partition coefficient (Wildman–Crippen LogP) is 5.12. The van der Waals surface area contributed by atoms with Gasteiger partial charge in [0.1, 0.15) is 27.2 Å². The Hall–Kier alpha value is -3.15. The first-order chi connectivity index (χ1) is 18.9. The maximum atomic E-state index is 16.0. The molecule has 2 atom stereocenters. The molecule has 3 aromatic rings. The van der Waals surface area contributed by atoms with Crippen molar-refractivity contribution in [1.82, 2.24) is 9.88 Å². The molecule has 0 aliphatic carbocycles. The number of aryl methyl sites for hydroxylation is 1. The minimum Gasteiger partial charge on any atom is -0.497 e. The summed E-state index contributed by atoms with van der Waals surface area (Å²) in [6.45, 7) is 4.77. The quantitative estimate of drug-likeness (QED) is 0.302. The van der Waals surface area contributed by atoms with Crippen molar-refractivity contribution >= 4 is 33.1 Å². The first kappa shape index (κ1) is 29.8. The third-order valence-electron chi connectivity index (χ3n) is 7.15. The van der Waals surface area contributed by atoms with Crippen molar-refractivity contribution in [2.24, 2.45) is 5.92 Å². The highest BCUT2D eigenvalue weighted by Gasteiger charge is 2.39. The Balaban J connectivity index is 1.79. The number of hydrogen-bond acceptors (Lipinski definition) is 7. The number of hydrogen-bond donors (Lipinski definition) is 0. The Kier molecular flexibility index (Phi) is 8.77. The Morgan fingerprint density at radius 3 is 2.45 bits per heavy atom. The minimum atomic E-state index is -4.63. The number of ether oxygens (including phenoxy) is 2. The van der Waals surface area contributed by atoms with Gasteiger partial charge >= 0.3 is 0 Å². The van der Waals surface area contributed by atoms with E-state index < -0.39 is 26.7 Å². The third kappa shape index (κ3) is 5.68. The van der Waals surface area contributed by atoms with Crippen LogP contribution in [0.2, 0.25) is 5.02 Å². The lowest BCUT2D eigenvalue weighted by molar-refractivity contribution is 0.231.